The Kier molecular flexibility index (Phi) is 15.4. The van der Waals surface area contributed by atoms with Crippen molar-refractivity contribution >= 4 is 11.7 Å². The van der Waals surface area contributed by atoms with Crippen LogP contribution in [0, 0.1) is 22.0 Å². The van der Waals surface area contributed by atoms with Crippen LogP contribution in [0.1, 0.15) is 102 Å². The molecule has 1 fully saturated rings. The molecule has 0 saturated heterocycles. The third-order valence-electron chi connectivity index (χ3n) is 7.50. The van der Waals surface area contributed by atoms with E-state index < -0.39 is 17.3 Å². The molecule has 9 nitrogen and oxygen atoms in total. The summed E-state index contributed by atoms with van der Waals surface area (Å²) >= 11 is 0. The number of nitrogens with zero attached hydrogens (tertiary/aromatic N) is 1. The van der Waals surface area contributed by atoms with Gasteiger partial charge in [-0.15, -0.1) is 10.1 Å². The summed E-state index contributed by atoms with van der Waals surface area (Å²) in [5.74, 6) is 0.0662. The van der Waals surface area contributed by atoms with Crippen molar-refractivity contribution in [3.63, 3.8) is 0 Å². The number of rotatable bonds is 20. The van der Waals surface area contributed by atoms with Crippen molar-refractivity contribution in [2.24, 2.45) is 11.8 Å². The van der Waals surface area contributed by atoms with Gasteiger partial charge in [-0.05, 0) is 61.5 Å². The predicted octanol–water partition coefficient (Wildman–Crippen LogP) is 5.20. The summed E-state index contributed by atoms with van der Waals surface area (Å²) in [6, 6.07) is 7.09. The summed E-state index contributed by atoms with van der Waals surface area (Å²) in [6.45, 7) is 2.38. The number of ketones is 1. The Morgan fingerprint density at radius 1 is 1.03 bits per heavy atom. The molecular weight excluding hydrogens is 500 g/mol. The number of aliphatic hydroxyl groups is 2. The zero-order valence-corrected chi connectivity index (χ0v) is 23.3. The van der Waals surface area contributed by atoms with Gasteiger partial charge in [-0.3, -0.25) is 9.59 Å². The molecule has 1 aromatic rings. The molecule has 0 unspecified atom stereocenters. The molecule has 1 saturated carbocycles. The van der Waals surface area contributed by atoms with Crippen molar-refractivity contribution in [3.05, 3.63) is 57.7 Å². The van der Waals surface area contributed by atoms with E-state index in [1.807, 2.05) is 18.2 Å². The van der Waals surface area contributed by atoms with Gasteiger partial charge >= 0.3 is 0 Å². The fraction of sp³-hybridized carbons (Fsp3) is 0.667. The van der Waals surface area contributed by atoms with Gasteiger partial charge in [0.2, 0.25) is 5.91 Å². The van der Waals surface area contributed by atoms with Crippen LogP contribution in [0.4, 0.5) is 0 Å². The van der Waals surface area contributed by atoms with E-state index in [4.69, 9.17) is 0 Å². The largest absolute Gasteiger partial charge is 0.393 e. The zero-order chi connectivity index (χ0) is 28.5. The highest BCUT2D eigenvalue weighted by atomic mass is 16.9. The Hall–Kier alpha value is -2.78. The van der Waals surface area contributed by atoms with Gasteiger partial charge in [0.1, 0.15) is 12.4 Å². The third-order valence-corrected chi connectivity index (χ3v) is 7.50. The second kappa shape index (κ2) is 18.5. The summed E-state index contributed by atoms with van der Waals surface area (Å²) in [5.41, 5.74) is 1.50. The van der Waals surface area contributed by atoms with E-state index in [1.165, 1.54) is 19.3 Å². The molecule has 0 aliphatic heterocycles. The maximum atomic E-state index is 12.3. The van der Waals surface area contributed by atoms with Gasteiger partial charge in [0.15, 0.2) is 0 Å². The van der Waals surface area contributed by atoms with Crippen LogP contribution in [0.2, 0.25) is 0 Å². The number of carbonyl (C=O) groups is 2. The lowest BCUT2D eigenvalue weighted by Crippen LogP contribution is -2.22. The van der Waals surface area contributed by atoms with Crippen LogP contribution in [-0.4, -0.2) is 39.2 Å². The minimum absolute atomic E-state index is 0.0524. The Labute approximate surface area is 232 Å². The van der Waals surface area contributed by atoms with Gasteiger partial charge in [0.25, 0.3) is 5.09 Å². The Morgan fingerprint density at radius 3 is 2.54 bits per heavy atom. The highest BCUT2D eigenvalue weighted by molar-refractivity contribution is 5.78. The molecular formula is C30H46N2O7. The molecule has 1 aliphatic rings. The lowest BCUT2D eigenvalue weighted by Gasteiger charge is -2.22. The van der Waals surface area contributed by atoms with E-state index >= 15 is 0 Å². The molecule has 4 atom stereocenters. The van der Waals surface area contributed by atoms with Gasteiger partial charge in [0.05, 0.1) is 12.2 Å². The van der Waals surface area contributed by atoms with Crippen molar-refractivity contribution in [1.82, 2.24) is 5.32 Å². The Balaban J connectivity index is 1.64. The van der Waals surface area contributed by atoms with Gasteiger partial charge in [0, 0.05) is 25.8 Å². The SMILES string of the molecule is CCCCCCCC(=O)CC[C@@H]1[C@@H](CC=CCCCC(=O)NCc2cccc(CO[N+](=O)[O-])c2)[C@@H](O)C[C@H]1O. The van der Waals surface area contributed by atoms with Crippen LogP contribution < -0.4 is 5.32 Å². The molecule has 1 aliphatic carbocycles. The van der Waals surface area contributed by atoms with Gasteiger partial charge in [-0.1, -0.05) is 69.0 Å². The summed E-state index contributed by atoms with van der Waals surface area (Å²) in [5, 5.41) is 33.3. The van der Waals surface area contributed by atoms with Crippen LogP contribution in [0.3, 0.4) is 0 Å². The summed E-state index contributed by atoms with van der Waals surface area (Å²) in [4.78, 5) is 39.2. The monoisotopic (exact) mass is 546 g/mol. The van der Waals surface area contributed by atoms with Crippen LogP contribution in [0.15, 0.2) is 36.4 Å². The van der Waals surface area contributed by atoms with Gasteiger partial charge in [-0.25, -0.2) is 0 Å². The summed E-state index contributed by atoms with van der Waals surface area (Å²) in [7, 11) is 0. The normalized spacial score (nSPS) is 20.8. The molecule has 0 bridgehead atoms. The molecule has 2 rings (SSSR count). The smallest absolute Gasteiger partial charge is 0.294 e. The number of aliphatic hydroxyl groups excluding tert-OH is 2. The van der Waals surface area contributed by atoms with Crippen LogP contribution in [-0.2, 0) is 27.6 Å². The first kappa shape index (κ1) is 32.4. The first-order chi connectivity index (χ1) is 18.8. The second-order valence-corrected chi connectivity index (χ2v) is 10.6. The van der Waals surface area contributed by atoms with E-state index in [0.717, 1.165) is 24.8 Å². The average Bonchev–Trinajstić information content (AvgIpc) is 3.18. The van der Waals surface area contributed by atoms with Crippen molar-refractivity contribution < 1.29 is 29.7 Å². The van der Waals surface area contributed by atoms with Crippen molar-refractivity contribution in [2.75, 3.05) is 0 Å². The number of benzene rings is 1. The number of carbonyl (C=O) groups excluding carboxylic acids is 2. The van der Waals surface area contributed by atoms with Crippen LogP contribution >= 0.6 is 0 Å². The third kappa shape index (κ3) is 13.2. The van der Waals surface area contributed by atoms with E-state index in [2.05, 4.69) is 17.1 Å². The molecule has 1 amide bonds. The number of nitrogens with one attached hydrogen (secondary N) is 1. The number of hydrogen-bond acceptors (Lipinski definition) is 7. The Morgan fingerprint density at radius 2 is 1.77 bits per heavy atom. The minimum Gasteiger partial charge on any atom is -0.393 e. The molecule has 218 valence electrons. The quantitative estimate of drug-likeness (QED) is 0.0884. The molecule has 0 heterocycles. The predicted molar refractivity (Wildman–Crippen MR) is 149 cm³/mol. The van der Waals surface area contributed by atoms with E-state index in [1.54, 1.807) is 18.2 Å². The number of unbranched alkanes of at least 4 members (excludes halogenated alkanes) is 5. The minimum atomic E-state index is -0.833. The number of hydrogen-bond donors (Lipinski definition) is 3. The van der Waals surface area contributed by atoms with Gasteiger partial charge in [-0.2, -0.15) is 0 Å². The molecule has 3 N–H and O–H groups in total. The number of allylic oxidation sites excluding steroid dienone is 2. The number of amides is 1. The average molecular weight is 547 g/mol. The van der Waals surface area contributed by atoms with Crippen molar-refractivity contribution in [1.29, 1.82) is 0 Å². The first-order valence-electron chi connectivity index (χ1n) is 14.4. The van der Waals surface area contributed by atoms with Crippen molar-refractivity contribution in [3.8, 4) is 0 Å². The van der Waals surface area contributed by atoms with E-state index in [-0.39, 0.29) is 30.1 Å². The van der Waals surface area contributed by atoms with E-state index in [9.17, 15) is 29.9 Å². The summed E-state index contributed by atoms with van der Waals surface area (Å²) in [6.07, 6.45) is 13.0. The molecule has 0 radical (unpaired) electrons. The highest BCUT2D eigenvalue weighted by Gasteiger charge is 2.40. The van der Waals surface area contributed by atoms with Crippen molar-refractivity contribution in [2.45, 2.75) is 116 Å². The van der Waals surface area contributed by atoms with Gasteiger partial charge < -0.3 is 20.4 Å². The topological polar surface area (TPSA) is 139 Å². The first-order valence-corrected chi connectivity index (χ1v) is 14.4. The molecule has 0 spiro atoms. The maximum absolute atomic E-state index is 12.3. The number of Topliss-reactive ketones (excluding diaryl/α,β-unsaturated/α-hetero) is 1. The van der Waals surface area contributed by atoms with Crippen LogP contribution in [0.25, 0.3) is 0 Å². The summed E-state index contributed by atoms with van der Waals surface area (Å²) < 4.78 is 0. The lowest BCUT2D eigenvalue weighted by molar-refractivity contribution is -0.763. The Bertz CT molecular complexity index is 920. The fourth-order valence-electron chi connectivity index (χ4n) is 5.28. The molecule has 1 aromatic carbocycles. The maximum Gasteiger partial charge on any atom is 0.294 e. The molecule has 39 heavy (non-hydrogen) atoms. The second-order valence-electron chi connectivity index (χ2n) is 10.6. The molecule has 9 heteroatoms. The van der Waals surface area contributed by atoms with E-state index in [0.29, 0.717) is 57.1 Å². The fourth-order valence-corrected chi connectivity index (χ4v) is 5.28. The standard InChI is InChI=1S/C30H46N2O7/c1-2-3-4-5-8-14-25(33)17-18-27-26(28(34)20-29(27)35)15-9-6-7-10-16-30(36)31-21-23-12-11-13-24(19-23)22-39-32(37)38/h6,9,11-13,19,26-29,34-35H,2-5,7-8,10,14-18,20-22H2,1H3,(H,31,36)/t26-,27-,28+,29-/m1/s1. The highest BCUT2D eigenvalue weighted by Crippen LogP contribution is 2.38. The molecule has 0 aromatic heterocycles. The van der Waals surface area contributed by atoms with Crippen LogP contribution in [0.5, 0.6) is 0 Å². The lowest BCUT2D eigenvalue weighted by atomic mass is 9.86. The zero-order valence-electron chi connectivity index (χ0n) is 23.3.